The number of ether oxygens (including phenoxy) is 1. The second kappa shape index (κ2) is 8.55. The van der Waals surface area contributed by atoms with E-state index >= 15 is 0 Å². The summed E-state index contributed by atoms with van der Waals surface area (Å²) in [6.45, 7) is 9.70. The lowest BCUT2D eigenvalue weighted by Gasteiger charge is -2.31. The van der Waals surface area contributed by atoms with Crippen LogP contribution in [-0.4, -0.2) is 25.8 Å². The van der Waals surface area contributed by atoms with Gasteiger partial charge in [-0.25, -0.2) is 0 Å². The third kappa shape index (κ3) is 5.12. The Kier molecular flexibility index (Phi) is 6.72. The van der Waals surface area contributed by atoms with Gasteiger partial charge < -0.3 is 10.1 Å². The highest BCUT2D eigenvalue weighted by Gasteiger charge is 2.23. The van der Waals surface area contributed by atoms with Crippen LogP contribution in [0.1, 0.15) is 57.1 Å². The number of nitrogens with one attached hydrogen (secondary N) is 1. The predicted octanol–water partition coefficient (Wildman–Crippen LogP) is 4.15. The van der Waals surface area contributed by atoms with Gasteiger partial charge in [0, 0.05) is 12.6 Å². The molecule has 21 heavy (non-hydrogen) atoms. The molecule has 118 valence electrons. The van der Waals surface area contributed by atoms with Crippen molar-refractivity contribution in [1.82, 2.24) is 5.32 Å². The molecule has 1 aliphatic rings. The summed E-state index contributed by atoms with van der Waals surface area (Å²) in [4.78, 5) is 0. The smallest absolute Gasteiger partial charge is 0.0509 e. The van der Waals surface area contributed by atoms with Gasteiger partial charge in [0.25, 0.3) is 0 Å². The van der Waals surface area contributed by atoms with Crippen molar-refractivity contribution in [3.63, 3.8) is 0 Å². The molecule has 2 nitrogen and oxygen atoms in total. The fourth-order valence-corrected chi connectivity index (χ4v) is 3.11. The van der Waals surface area contributed by atoms with E-state index in [1.807, 2.05) is 0 Å². The highest BCUT2D eigenvalue weighted by atomic mass is 16.5. The minimum absolute atomic E-state index is 0.551. The van der Waals surface area contributed by atoms with Gasteiger partial charge in [-0.3, -0.25) is 0 Å². The molecule has 0 radical (unpaired) electrons. The van der Waals surface area contributed by atoms with Crippen LogP contribution in [0.5, 0.6) is 0 Å². The first-order valence-electron chi connectivity index (χ1n) is 8.60. The van der Waals surface area contributed by atoms with Crippen LogP contribution in [0, 0.1) is 5.92 Å². The van der Waals surface area contributed by atoms with E-state index in [1.54, 1.807) is 0 Å². The molecule has 1 aromatic rings. The summed E-state index contributed by atoms with van der Waals surface area (Å²) in [5.74, 6) is 1.27. The third-order valence-electron chi connectivity index (χ3n) is 4.52. The van der Waals surface area contributed by atoms with E-state index in [2.05, 4.69) is 50.4 Å². The van der Waals surface area contributed by atoms with E-state index in [0.29, 0.717) is 17.9 Å². The first-order chi connectivity index (χ1) is 10.2. The Labute approximate surface area is 130 Å². The van der Waals surface area contributed by atoms with E-state index in [-0.39, 0.29) is 0 Å². The lowest BCUT2D eigenvalue weighted by Crippen LogP contribution is -2.42. The Bertz CT molecular complexity index is 393. The summed E-state index contributed by atoms with van der Waals surface area (Å²) in [6.07, 6.45) is 4.81. The minimum Gasteiger partial charge on any atom is -0.381 e. The van der Waals surface area contributed by atoms with Crippen LogP contribution >= 0.6 is 0 Å². The molecular formula is C19H31NO. The van der Waals surface area contributed by atoms with Gasteiger partial charge in [-0.15, -0.1) is 0 Å². The molecule has 0 bridgehead atoms. The number of benzene rings is 1. The van der Waals surface area contributed by atoms with Gasteiger partial charge >= 0.3 is 0 Å². The molecule has 0 aliphatic carbocycles. The second-order valence-corrected chi connectivity index (χ2v) is 6.64. The highest BCUT2D eigenvalue weighted by Crippen LogP contribution is 2.22. The molecule has 1 saturated heterocycles. The molecule has 2 heteroatoms. The van der Waals surface area contributed by atoms with Gasteiger partial charge in [0.1, 0.15) is 0 Å². The van der Waals surface area contributed by atoms with Crippen LogP contribution in [0.4, 0.5) is 0 Å². The van der Waals surface area contributed by atoms with Crippen molar-refractivity contribution in [2.24, 2.45) is 5.92 Å². The summed E-state index contributed by atoms with van der Waals surface area (Å²) < 4.78 is 5.69. The van der Waals surface area contributed by atoms with Gasteiger partial charge in [0.15, 0.2) is 0 Å². The molecule has 2 atom stereocenters. The summed E-state index contributed by atoms with van der Waals surface area (Å²) in [7, 11) is 0. The maximum atomic E-state index is 5.69. The second-order valence-electron chi connectivity index (χ2n) is 6.64. The van der Waals surface area contributed by atoms with Crippen molar-refractivity contribution in [3.05, 3.63) is 35.4 Å². The summed E-state index contributed by atoms with van der Waals surface area (Å²) in [5, 5.41) is 3.74. The Morgan fingerprint density at radius 1 is 1.24 bits per heavy atom. The number of hydrogen-bond donors (Lipinski definition) is 1. The van der Waals surface area contributed by atoms with Gasteiger partial charge in [0.2, 0.25) is 0 Å². The lowest BCUT2D eigenvalue weighted by atomic mass is 9.88. The van der Waals surface area contributed by atoms with E-state index in [9.17, 15) is 0 Å². The zero-order valence-electron chi connectivity index (χ0n) is 13.9. The lowest BCUT2D eigenvalue weighted by molar-refractivity contribution is 0.0393. The quantitative estimate of drug-likeness (QED) is 0.814. The Morgan fingerprint density at radius 2 is 2.00 bits per heavy atom. The fraction of sp³-hybridized carbons (Fsp3) is 0.684. The largest absolute Gasteiger partial charge is 0.381 e. The van der Waals surface area contributed by atoms with Crippen molar-refractivity contribution in [2.45, 2.75) is 58.4 Å². The average molecular weight is 289 g/mol. The third-order valence-corrected chi connectivity index (χ3v) is 4.52. The van der Waals surface area contributed by atoms with Crippen LogP contribution in [0.3, 0.4) is 0 Å². The van der Waals surface area contributed by atoms with Crippen LogP contribution in [0.25, 0.3) is 0 Å². The summed E-state index contributed by atoms with van der Waals surface area (Å²) >= 11 is 0. The van der Waals surface area contributed by atoms with E-state index in [1.165, 1.54) is 30.4 Å². The maximum Gasteiger partial charge on any atom is 0.0509 e. The maximum absolute atomic E-state index is 5.69. The van der Waals surface area contributed by atoms with E-state index < -0.39 is 0 Å². The molecule has 0 aromatic heterocycles. The van der Waals surface area contributed by atoms with Gasteiger partial charge in [-0.1, -0.05) is 45.0 Å². The van der Waals surface area contributed by atoms with Crippen molar-refractivity contribution in [3.8, 4) is 0 Å². The number of rotatable bonds is 7. The molecule has 0 saturated carbocycles. The van der Waals surface area contributed by atoms with Gasteiger partial charge in [-0.05, 0) is 55.2 Å². The molecule has 1 aromatic carbocycles. The van der Waals surface area contributed by atoms with Crippen LogP contribution in [0.15, 0.2) is 24.3 Å². The summed E-state index contributed by atoms with van der Waals surface area (Å²) in [6, 6.07) is 9.73. The monoisotopic (exact) mass is 289 g/mol. The SMILES string of the molecule is CCCNC(Cc1ccc(C(C)C)cc1)C1CCCOC1. The van der Waals surface area contributed by atoms with E-state index in [4.69, 9.17) is 4.74 Å². The standard InChI is InChI=1S/C19H31NO/c1-4-11-20-19(18-6-5-12-21-14-18)13-16-7-9-17(10-8-16)15(2)3/h7-10,15,18-20H,4-6,11-14H2,1-3H3. The van der Waals surface area contributed by atoms with Crippen molar-refractivity contribution in [1.29, 1.82) is 0 Å². The molecule has 0 amide bonds. The number of hydrogen-bond acceptors (Lipinski definition) is 2. The normalized spacial score (nSPS) is 20.7. The summed E-state index contributed by atoms with van der Waals surface area (Å²) in [5.41, 5.74) is 2.87. The highest BCUT2D eigenvalue weighted by molar-refractivity contribution is 5.25. The first-order valence-corrected chi connectivity index (χ1v) is 8.60. The molecule has 1 heterocycles. The topological polar surface area (TPSA) is 21.3 Å². The van der Waals surface area contributed by atoms with Gasteiger partial charge in [0.05, 0.1) is 6.61 Å². The molecule has 2 rings (SSSR count). The molecule has 1 N–H and O–H groups in total. The predicted molar refractivity (Wildman–Crippen MR) is 89.9 cm³/mol. The van der Waals surface area contributed by atoms with Crippen molar-refractivity contribution < 1.29 is 4.74 Å². The zero-order valence-corrected chi connectivity index (χ0v) is 13.9. The van der Waals surface area contributed by atoms with Crippen LogP contribution < -0.4 is 5.32 Å². The fourth-order valence-electron chi connectivity index (χ4n) is 3.11. The van der Waals surface area contributed by atoms with Crippen LogP contribution in [-0.2, 0) is 11.2 Å². The Balaban J connectivity index is 1.99. The van der Waals surface area contributed by atoms with Gasteiger partial charge in [-0.2, -0.15) is 0 Å². The van der Waals surface area contributed by atoms with Crippen LogP contribution in [0.2, 0.25) is 0 Å². The Hall–Kier alpha value is -0.860. The molecular weight excluding hydrogens is 258 g/mol. The molecule has 1 fully saturated rings. The molecule has 2 unspecified atom stereocenters. The van der Waals surface area contributed by atoms with Crippen molar-refractivity contribution in [2.75, 3.05) is 19.8 Å². The first kappa shape index (κ1) is 16.5. The average Bonchev–Trinajstić information content (AvgIpc) is 2.52. The minimum atomic E-state index is 0.551. The molecule has 0 spiro atoms. The van der Waals surface area contributed by atoms with Crippen molar-refractivity contribution >= 4 is 0 Å². The zero-order chi connectivity index (χ0) is 15.1. The molecule has 1 aliphatic heterocycles. The Morgan fingerprint density at radius 3 is 2.57 bits per heavy atom. The van der Waals surface area contributed by atoms with E-state index in [0.717, 1.165) is 26.2 Å².